The SMILES string of the molecule is CCc1ccccc1NC(=O)COC(=O)COc1ccc(OCc2ccccc2)cc1. The number of hydrogen-bond acceptors (Lipinski definition) is 5. The molecule has 0 heterocycles. The largest absolute Gasteiger partial charge is 0.489 e. The Kier molecular flexibility index (Phi) is 8.05. The summed E-state index contributed by atoms with van der Waals surface area (Å²) in [6, 6.07) is 24.3. The number of aryl methyl sites for hydroxylation is 1. The van der Waals surface area contributed by atoms with E-state index in [0.29, 0.717) is 18.1 Å². The lowest BCUT2D eigenvalue weighted by Gasteiger charge is -2.11. The average molecular weight is 419 g/mol. The molecule has 0 saturated heterocycles. The van der Waals surface area contributed by atoms with Gasteiger partial charge in [-0.1, -0.05) is 55.5 Å². The molecular weight excluding hydrogens is 394 g/mol. The van der Waals surface area contributed by atoms with Crippen LogP contribution in [0, 0.1) is 0 Å². The van der Waals surface area contributed by atoms with Gasteiger partial charge in [0.25, 0.3) is 5.91 Å². The predicted molar refractivity (Wildman–Crippen MR) is 118 cm³/mol. The Morgan fingerprint density at radius 3 is 2.13 bits per heavy atom. The number of esters is 1. The molecule has 0 spiro atoms. The highest BCUT2D eigenvalue weighted by atomic mass is 16.6. The molecule has 6 nitrogen and oxygen atoms in total. The van der Waals surface area contributed by atoms with Crippen molar-refractivity contribution in [3.8, 4) is 11.5 Å². The number of nitrogens with one attached hydrogen (secondary N) is 1. The van der Waals surface area contributed by atoms with Crippen molar-refractivity contribution >= 4 is 17.6 Å². The highest BCUT2D eigenvalue weighted by Gasteiger charge is 2.10. The lowest BCUT2D eigenvalue weighted by molar-refractivity contribution is -0.149. The van der Waals surface area contributed by atoms with Gasteiger partial charge < -0.3 is 19.5 Å². The Balaban J connectivity index is 1.37. The molecule has 3 aromatic rings. The minimum atomic E-state index is -0.622. The van der Waals surface area contributed by atoms with E-state index >= 15 is 0 Å². The molecule has 160 valence electrons. The van der Waals surface area contributed by atoms with Crippen molar-refractivity contribution in [3.63, 3.8) is 0 Å². The van der Waals surface area contributed by atoms with Gasteiger partial charge in [0.15, 0.2) is 13.2 Å². The van der Waals surface area contributed by atoms with Crippen LogP contribution in [0.4, 0.5) is 5.69 Å². The van der Waals surface area contributed by atoms with Crippen molar-refractivity contribution in [1.29, 1.82) is 0 Å². The maximum Gasteiger partial charge on any atom is 0.344 e. The van der Waals surface area contributed by atoms with Gasteiger partial charge in [-0.15, -0.1) is 0 Å². The first-order valence-electron chi connectivity index (χ1n) is 10.1. The van der Waals surface area contributed by atoms with Gasteiger partial charge in [-0.25, -0.2) is 4.79 Å². The number of hydrogen-bond donors (Lipinski definition) is 1. The van der Waals surface area contributed by atoms with E-state index in [0.717, 1.165) is 23.2 Å². The molecule has 0 aliphatic carbocycles. The molecule has 0 aromatic heterocycles. The minimum Gasteiger partial charge on any atom is -0.489 e. The quantitative estimate of drug-likeness (QED) is 0.494. The molecule has 1 amide bonds. The van der Waals surface area contributed by atoms with Crippen LogP contribution in [0.25, 0.3) is 0 Å². The van der Waals surface area contributed by atoms with E-state index in [1.54, 1.807) is 24.3 Å². The Labute approximate surface area is 181 Å². The van der Waals surface area contributed by atoms with Gasteiger partial charge >= 0.3 is 5.97 Å². The Bertz CT molecular complexity index is 986. The van der Waals surface area contributed by atoms with Crippen molar-refractivity contribution < 1.29 is 23.8 Å². The van der Waals surface area contributed by atoms with E-state index in [9.17, 15) is 9.59 Å². The van der Waals surface area contributed by atoms with Crippen molar-refractivity contribution in [1.82, 2.24) is 0 Å². The molecule has 3 aromatic carbocycles. The number of anilines is 1. The van der Waals surface area contributed by atoms with Crippen molar-refractivity contribution in [2.75, 3.05) is 18.5 Å². The molecule has 6 heteroatoms. The van der Waals surface area contributed by atoms with E-state index in [4.69, 9.17) is 14.2 Å². The van der Waals surface area contributed by atoms with Crippen LogP contribution >= 0.6 is 0 Å². The molecule has 31 heavy (non-hydrogen) atoms. The zero-order chi connectivity index (χ0) is 21.9. The van der Waals surface area contributed by atoms with Gasteiger partial charge in [0.1, 0.15) is 18.1 Å². The normalized spacial score (nSPS) is 10.2. The number of benzene rings is 3. The van der Waals surface area contributed by atoms with Crippen LogP contribution < -0.4 is 14.8 Å². The fraction of sp³-hybridized carbons (Fsp3) is 0.200. The van der Waals surface area contributed by atoms with E-state index in [-0.39, 0.29) is 13.2 Å². The molecule has 0 atom stereocenters. The Hall–Kier alpha value is -3.80. The number of amides is 1. The maximum atomic E-state index is 12.0. The average Bonchev–Trinajstić information content (AvgIpc) is 2.82. The highest BCUT2D eigenvalue weighted by Crippen LogP contribution is 2.19. The van der Waals surface area contributed by atoms with Gasteiger partial charge in [-0.3, -0.25) is 4.79 Å². The van der Waals surface area contributed by atoms with Gasteiger partial charge in [0, 0.05) is 5.69 Å². The molecule has 0 aliphatic heterocycles. The molecule has 0 unspecified atom stereocenters. The van der Waals surface area contributed by atoms with Crippen LogP contribution in [0.3, 0.4) is 0 Å². The third-order valence-electron chi connectivity index (χ3n) is 4.47. The van der Waals surface area contributed by atoms with Crippen molar-refractivity contribution in [2.45, 2.75) is 20.0 Å². The summed E-state index contributed by atoms with van der Waals surface area (Å²) in [4.78, 5) is 23.9. The second-order valence-electron chi connectivity index (χ2n) is 6.75. The van der Waals surface area contributed by atoms with Crippen molar-refractivity contribution in [2.24, 2.45) is 0 Å². The summed E-state index contributed by atoms with van der Waals surface area (Å²) < 4.78 is 16.1. The van der Waals surface area contributed by atoms with E-state index in [1.165, 1.54) is 0 Å². The Morgan fingerprint density at radius 1 is 0.774 bits per heavy atom. The van der Waals surface area contributed by atoms with Crippen LogP contribution in [0.2, 0.25) is 0 Å². The fourth-order valence-electron chi connectivity index (χ4n) is 2.84. The maximum absolute atomic E-state index is 12.0. The first kappa shape index (κ1) is 21.9. The van der Waals surface area contributed by atoms with Gasteiger partial charge in [-0.2, -0.15) is 0 Å². The highest BCUT2D eigenvalue weighted by molar-refractivity contribution is 5.93. The topological polar surface area (TPSA) is 73.9 Å². The smallest absolute Gasteiger partial charge is 0.344 e. The number of para-hydroxylation sites is 1. The van der Waals surface area contributed by atoms with Crippen molar-refractivity contribution in [3.05, 3.63) is 90.0 Å². The first-order chi connectivity index (χ1) is 15.1. The Morgan fingerprint density at radius 2 is 1.42 bits per heavy atom. The molecule has 0 aliphatic rings. The summed E-state index contributed by atoms with van der Waals surface area (Å²) in [5.74, 6) is 0.186. The second kappa shape index (κ2) is 11.4. The number of carbonyl (C=O) groups excluding carboxylic acids is 2. The standard InChI is InChI=1S/C25H25NO5/c1-2-20-10-6-7-11-23(20)26-24(27)17-31-25(28)18-30-22-14-12-21(13-15-22)29-16-19-8-4-3-5-9-19/h3-15H,2,16-18H2,1H3,(H,26,27). The van der Waals surface area contributed by atoms with E-state index in [2.05, 4.69) is 5.32 Å². The molecule has 1 N–H and O–H groups in total. The molecular formula is C25H25NO5. The molecule has 0 radical (unpaired) electrons. The first-order valence-corrected chi connectivity index (χ1v) is 10.1. The predicted octanol–water partition coefficient (Wildman–Crippen LogP) is 4.39. The van der Waals surface area contributed by atoms with Gasteiger partial charge in [-0.05, 0) is 47.9 Å². The van der Waals surface area contributed by atoms with Crippen LogP contribution in [-0.4, -0.2) is 25.1 Å². The summed E-state index contributed by atoms with van der Waals surface area (Å²) in [6.45, 7) is 1.82. The molecule has 3 rings (SSSR count). The fourth-order valence-corrected chi connectivity index (χ4v) is 2.84. The minimum absolute atomic E-state index is 0.289. The van der Waals surface area contributed by atoms with Crippen LogP contribution in [0.5, 0.6) is 11.5 Å². The lowest BCUT2D eigenvalue weighted by Crippen LogP contribution is -2.24. The lowest BCUT2D eigenvalue weighted by atomic mass is 10.1. The zero-order valence-electron chi connectivity index (χ0n) is 17.4. The molecule has 0 fully saturated rings. The molecule has 0 saturated carbocycles. The number of rotatable bonds is 10. The van der Waals surface area contributed by atoms with E-state index < -0.39 is 11.9 Å². The summed E-state index contributed by atoms with van der Waals surface area (Å²) in [5.41, 5.74) is 2.81. The zero-order valence-corrected chi connectivity index (χ0v) is 17.4. The van der Waals surface area contributed by atoms with Gasteiger partial charge in [0.2, 0.25) is 0 Å². The third kappa shape index (κ3) is 7.19. The number of ether oxygens (including phenoxy) is 3. The summed E-state index contributed by atoms with van der Waals surface area (Å²) in [7, 11) is 0. The monoisotopic (exact) mass is 419 g/mol. The van der Waals surface area contributed by atoms with Crippen LogP contribution in [0.15, 0.2) is 78.9 Å². The van der Waals surface area contributed by atoms with Gasteiger partial charge in [0.05, 0.1) is 0 Å². The number of carbonyl (C=O) groups is 2. The second-order valence-corrected chi connectivity index (χ2v) is 6.75. The third-order valence-corrected chi connectivity index (χ3v) is 4.47. The summed E-state index contributed by atoms with van der Waals surface area (Å²) >= 11 is 0. The summed E-state index contributed by atoms with van der Waals surface area (Å²) in [5, 5.41) is 2.75. The molecule has 0 bridgehead atoms. The van der Waals surface area contributed by atoms with E-state index in [1.807, 2.05) is 61.5 Å². The van der Waals surface area contributed by atoms with Crippen LogP contribution in [-0.2, 0) is 27.4 Å². The summed E-state index contributed by atoms with van der Waals surface area (Å²) in [6.07, 6.45) is 0.792. The van der Waals surface area contributed by atoms with Crippen LogP contribution in [0.1, 0.15) is 18.1 Å².